The SMILES string of the molecule is CC(C)OCCCCCCCCCOP(=O)(O)OC(C)C. The van der Waals surface area contributed by atoms with Gasteiger partial charge in [0, 0.05) is 6.61 Å². The van der Waals surface area contributed by atoms with Gasteiger partial charge in [0.15, 0.2) is 0 Å². The molecule has 0 amide bonds. The Morgan fingerprint density at radius 3 is 1.76 bits per heavy atom. The normalized spacial score (nSPS) is 14.8. The minimum Gasteiger partial charge on any atom is -0.379 e. The highest BCUT2D eigenvalue weighted by Crippen LogP contribution is 2.44. The summed E-state index contributed by atoms with van der Waals surface area (Å²) in [6.07, 6.45) is 7.71. The molecule has 6 heteroatoms. The molecule has 0 bridgehead atoms. The van der Waals surface area contributed by atoms with Gasteiger partial charge in [-0.3, -0.25) is 9.05 Å². The van der Waals surface area contributed by atoms with Crippen LogP contribution in [-0.2, 0) is 18.3 Å². The van der Waals surface area contributed by atoms with Gasteiger partial charge in [-0.1, -0.05) is 32.1 Å². The first-order valence-corrected chi connectivity index (χ1v) is 9.60. The molecule has 0 rings (SSSR count). The molecule has 0 aromatic rings. The molecule has 0 saturated carbocycles. The van der Waals surface area contributed by atoms with E-state index in [9.17, 15) is 9.46 Å². The molecule has 0 aromatic carbocycles. The van der Waals surface area contributed by atoms with Gasteiger partial charge in [0.2, 0.25) is 0 Å². The van der Waals surface area contributed by atoms with Gasteiger partial charge in [-0.25, -0.2) is 4.57 Å². The van der Waals surface area contributed by atoms with E-state index in [1.807, 2.05) is 0 Å². The minimum absolute atomic E-state index is 0.280. The Kier molecular flexibility index (Phi) is 12.6. The lowest BCUT2D eigenvalue weighted by Gasteiger charge is -2.14. The average Bonchev–Trinajstić information content (AvgIpc) is 2.33. The zero-order chi connectivity index (χ0) is 16.1. The number of hydrogen-bond acceptors (Lipinski definition) is 4. The molecule has 0 spiro atoms. The number of rotatable bonds is 14. The number of unbranched alkanes of at least 4 members (excludes halogenated alkanes) is 6. The smallest absolute Gasteiger partial charge is 0.379 e. The zero-order valence-corrected chi connectivity index (χ0v) is 14.9. The molecule has 0 radical (unpaired) electrons. The predicted octanol–water partition coefficient (Wildman–Crippen LogP) is 4.68. The van der Waals surface area contributed by atoms with Crippen molar-refractivity contribution < 1.29 is 23.2 Å². The first-order valence-electron chi connectivity index (χ1n) is 8.11. The van der Waals surface area contributed by atoms with E-state index in [1.54, 1.807) is 13.8 Å². The summed E-state index contributed by atoms with van der Waals surface area (Å²) in [4.78, 5) is 9.35. The van der Waals surface area contributed by atoms with Crippen LogP contribution < -0.4 is 0 Å². The van der Waals surface area contributed by atoms with Gasteiger partial charge in [-0.05, 0) is 40.5 Å². The van der Waals surface area contributed by atoms with Gasteiger partial charge >= 0.3 is 7.82 Å². The Hall–Kier alpha value is 0.0700. The molecular weight excluding hydrogens is 291 g/mol. The van der Waals surface area contributed by atoms with Crippen molar-refractivity contribution in [1.82, 2.24) is 0 Å². The van der Waals surface area contributed by atoms with Crippen LogP contribution in [-0.4, -0.2) is 30.3 Å². The highest BCUT2D eigenvalue weighted by atomic mass is 31.2. The summed E-state index contributed by atoms with van der Waals surface area (Å²) in [6.45, 7) is 8.66. The summed E-state index contributed by atoms with van der Waals surface area (Å²) in [5.74, 6) is 0. The molecule has 1 N–H and O–H groups in total. The molecule has 0 saturated heterocycles. The van der Waals surface area contributed by atoms with E-state index in [1.165, 1.54) is 19.3 Å². The van der Waals surface area contributed by atoms with Gasteiger partial charge < -0.3 is 9.63 Å². The van der Waals surface area contributed by atoms with Crippen LogP contribution in [0.4, 0.5) is 0 Å². The second-order valence-electron chi connectivity index (χ2n) is 5.85. The fourth-order valence-corrected chi connectivity index (χ4v) is 2.84. The summed E-state index contributed by atoms with van der Waals surface area (Å²) in [6, 6.07) is 0. The number of ether oxygens (including phenoxy) is 1. The lowest BCUT2D eigenvalue weighted by atomic mass is 10.1. The molecule has 128 valence electrons. The van der Waals surface area contributed by atoms with Gasteiger partial charge in [-0.15, -0.1) is 0 Å². The van der Waals surface area contributed by atoms with Crippen LogP contribution in [0.2, 0.25) is 0 Å². The summed E-state index contributed by atoms with van der Waals surface area (Å²) < 4.78 is 26.6. The van der Waals surface area contributed by atoms with Crippen molar-refractivity contribution in [2.75, 3.05) is 13.2 Å². The first-order chi connectivity index (χ1) is 9.83. The number of phosphoric acid groups is 1. The molecule has 0 heterocycles. The molecule has 0 aliphatic rings. The molecule has 21 heavy (non-hydrogen) atoms. The third kappa shape index (κ3) is 16.3. The highest BCUT2D eigenvalue weighted by molar-refractivity contribution is 7.47. The summed E-state index contributed by atoms with van der Waals surface area (Å²) in [5.41, 5.74) is 0. The van der Waals surface area contributed by atoms with Crippen molar-refractivity contribution in [1.29, 1.82) is 0 Å². The van der Waals surface area contributed by atoms with Crippen LogP contribution in [0.1, 0.15) is 72.6 Å². The van der Waals surface area contributed by atoms with Gasteiger partial charge in [0.25, 0.3) is 0 Å². The Balaban J connectivity index is 3.28. The van der Waals surface area contributed by atoms with E-state index in [4.69, 9.17) is 13.8 Å². The fraction of sp³-hybridized carbons (Fsp3) is 1.00. The van der Waals surface area contributed by atoms with E-state index in [2.05, 4.69) is 13.8 Å². The molecule has 1 atom stereocenters. The van der Waals surface area contributed by atoms with E-state index in [-0.39, 0.29) is 12.7 Å². The maximum absolute atomic E-state index is 11.4. The van der Waals surface area contributed by atoms with Gasteiger partial charge in [-0.2, -0.15) is 0 Å². The second kappa shape index (κ2) is 12.6. The van der Waals surface area contributed by atoms with Crippen molar-refractivity contribution in [2.45, 2.75) is 84.8 Å². The lowest BCUT2D eigenvalue weighted by molar-refractivity contribution is 0.0756. The summed E-state index contributed by atoms with van der Waals surface area (Å²) >= 11 is 0. The summed E-state index contributed by atoms with van der Waals surface area (Å²) in [5, 5.41) is 0. The van der Waals surface area contributed by atoms with Crippen LogP contribution in [0.3, 0.4) is 0 Å². The van der Waals surface area contributed by atoms with Gasteiger partial charge in [0.05, 0.1) is 18.8 Å². The van der Waals surface area contributed by atoms with Crippen molar-refractivity contribution in [2.24, 2.45) is 0 Å². The molecule has 0 aromatic heterocycles. The quantitative estimate of drug-likeness (QED) is 0.371. The Morgan fingerprint density at radius 2 is 1.29 bits per heavy atom. The zero-order valence-electron chi connectivity index (χ0n) is 14.0. The molecule has 5 nitrogen and oxygen atoms in total. The molecule has 0 aliphatic carbocycles. The van der Waals surface area contributed by atoms with Crippen LogP contribution in [0, 0.1) is 0 Å². The van der Waals surface area contributed by atoms with Crippen molar-refractivity contribution in [3.8, 4) is 0 Å². The van der Waals surface area contributed by atoms with E-state index in [0.29, 0.717) is 6.10 Å². The molecule has 0 fully saturated rings. The monoisotopic (exact) mass is 324 g/mol. The minimum atomic E-state index is -3.84. The van der Waals surface area contributed by atoms with Crippen molar-refractivity contribution in [3.05, 3.63) is 0 Å². The standard InChI is InChI=1S/C15H33O5P/c1-14(2)18-12-10-8-6-5-7-9-11-13-19-21(16,17)20-15(3)4/h14-15H,5-13H2,1-4H3,(H,16,17). The van der Waals surface area contributed by atoms with Crippen LogP contribution in [0.25, 0.3) is 0 Å². The Bertz CT molecular complexity index is 281. The number of phosphoric ester groups is 1. The van der Waals surface area contributed by atoms with E-state index in [0.717, 1.165) is 32.3 Å². The maximum Gasteiger partial charge on any atom is 0.472 e. The Morgan fingerprint density at radius 1 is 0.810 bits per heavy atom. The molecular formula is C15H33O5P. The van der Waals surface area contributed by atoms with Crippen molar-refractivity contribution >= 4 is 7.82 Å². The third-order valence-electron chi connectivity index (χ3n) is 2.84. The van der Waals surface area contributed by atoms with E-state index < -0.39 is 7.82 Å². The van der Waals surface area contributed by atoms with Crippen LogP contribution >= 0.6 is 7.82 Å². The van der Waals surface area contributed by atoms with E-state index >= 15 is 0 Å². The van der Waals surface area contributed by atoms with Gasteiger partial charge in [0.1, 0.15) is 0 Å². The predicted molar refractivity (Wildman–Crippen MR) is 85.4 cm³/mol. The molecule has 0 aliphatic heterocycles. The Labute approximate surface area is 130 Å². The first kappa shape index (κ1) is 21.1. The number of hydrogen-bond donors (Lipinski definition) is 1. The lowest BCUT2D eigenvalue weighted by Crippen LogP contribution is -2.03. The second-order valence-corrected chi connectivity index (χ2v) is 7.26. The average molecular weight is 324 g/mol. The largest absolute Gasteiger partial charge is 0.472 e. The molecule has 1 unspecified atom stereocenters. The van der Waals surface area contributed by atoms with Crippen LogP contribution in [0.5, 0.6) is 0 Å². The van der Waals surface area contributed by atoms with Crippen LogP contribution in [0.15, 0.2) is 0 Å². The third-order valence-corrected chi connectivity index (χ3v) is 4.04. The van der Waals surface area contributed by atoms with Crippen molar-refractivity contribution in [3.63, 3.8) is 0 Å². The fourth-order valence-electron chi connectivity index (χ4n) is 1.88. The highest BCUT2D eigenvalue weighted by Gasteiger charge is 2.21. The topological polar surface area (TPSA) is 65.0 Å². The maximum atomic E-state index is 11.4. The summed E-state index contributed by atoms with van der Waals surface area (Å²) in [7, 11) is -3.84.